The summed E-state index contributed by atoms with van der Waals surface area (Å²) in [6.07, 6.45) is 0.0939. The molecule has 25 heavy (non-hydrogen) atoms. The van der Waals surface area contributed by atoms with E-state index in [0.29, 0.717) is 26.1 Å². The SMILES string of the molecule is O=C(N1CCC[C@H]2c3cc(C4=CCOCC4)ccc3C[C@H]21)C(F)(F)F. The number of carbonyl (C=O) groups is 1. The molecular weight excluding hydrogens is 331 g/mol. The van der Waals surface area contributed by atoms with E-state index in [9.17, 15) is 18.0 Å². The smallest absolute Gasteiger partial charge is 0.377 e. The Balaban J connectivity index is 1.63. The minimum absolute atomic E-state index is 0.00967. The lowest BCUT2D eigenvalue weighted by atomic mass is 9.87. The van der Waals surface area contributed by atoms with Crippen molar-refractivity contribution >= 4 is 11.5 Å². The van der Waals surface area contributed by atoms with Crippen molar-refractivity contribution in [2.75, 3.05) is 19.8 Å². The van der Waals surface area contributed by atoms with Gasteiger partial charge in [-0.15, -0.1) is 0 Å². The van der Waals surface area contributed by atoms with Gasteiger partial charge in [0.1, 0.15) is 0 Å². The van der Waals surface area contributed by atoms with Gasteiger partial charge in [0.25, 0.3) is 0 Å². The van der Waals surface area contributed by atoms with Gasteiger partial charge in [-0.1, -0.05) is 24.3 Å². The predicted octanol–water partition coefficient (Wildman–Crippen LogP) is 3.68. The van der Waals surface area contributed by atoms with Gasteiger partial charge in [0.05, 0.1) is 13.2 Å². The van der Waals surface area contributed by atoms with Crippen LogP contribution in [0, 0.1) is 0 Å². The van der Waals surface area contributed by atoms with Gasteiger partial charge in [0.2, 0.25) is 0 Å². The third-order valence-corrected chi connectivity index (χ3v) is 5.59. The van der Waals surface area contributed by atoms with E-state index >= 15 is 0 Å². The summed E-state index contributed by atoms with van der Waals surface area (Å²) in [6.45, 7) is 1.50. The molecule has 4 rings (SSSR count). The zero-order chi connectivity index (χ0) is 17.6. The van der Waals surface area contributed by atoms with E-state index in [1.54, 1.807) is 0 Å². The number of rotatable bonds is 1. The Morgan fingerprint density at radius 2 is 2.12 bits per heavy atom. The number of hydrogen-bond donors (Lipinski definition) is 0. The maximum atomic E-state index is 12.9. The van der Waals surface area contributed by atoms with Gasteiger partial charge in [0.15, 0.2) is 0 Å². The quantitative estimate of drug-likeness (QED) is 0.772. The van der Waals surface area contributed by atoms with Crippen LogP contribution in [0.2, 0.25) is 0 Å². The minimum atomic E-state index is -4.80. The maximum Gasteiger partial charge on any atom is 0.471 e. The highest BCUT2D eigenvalue weighted by molar-refractivity contribution is 5.82. The van der Waals surface area contributed by atoms with Gasteiger partial charge in [-0.25, -0.2) is 0 Å². The van der Waals surface area contributed by atoms with Crippen LogP contribution >= 0.6 is 0 Å². The third-order valence-electron chi connectivity index (χ3n) is 5.59. The molecule has 2 aliphatic heterocycles. The van der Waals surface area contributed by atoms with Crippen molar-refractivity contribution in [1.29, 1.82) is 0 Å². The molecule has 0 bridgehead atoms. The number of benzene rings is 1. The molecule has 1 aromatic rings. The second-order valence-corrected chi connectivity index (χ2v) is 6.98. The molecule has 1 saturated heterocycles. The molecule has 1 amide bonds. The van der Waals surface area contributed by atoms with Crippen LogP contribution in [0.5, 0.6) is 0 Å². The lowest BCUT2D eigenvalue weighted by Crippen LogP contribution is -2.51. The highest BCUT2D eigenvalue weighted by atomic mass is 19.4. The lowest BCUT2D eigenvalue weighted by molar-refractivity contribution is -0.189. The summed E-state index contributed by atoms with van der Waals surface area (Å²) >= 11 is 0. The van der Waals surface area contributed by atoms with Crippen LogP contribution in [0.4, 0.5) is 13.2 Å². The van der Waals surface area contributed by atoms with E-state index in [0.717, 1.165) is 34.4 Å². The van der Waals surface area contributed by atoms with E-state index in [2.05, 4.69) is 12.1 Å². The number of hydrogen-bond acceptors (Lipinski definition) is 2. The summed E-state index contributed by atoms with van der Waals surface area (Å²) in [4.78, 5) is 12.9. The zero-order valence-electron chi connectivity index (χ0n) is 13.8. The number of carbonyl (C=O) groups excluding carboxylic acids is 1. The van der Waals surface area contributed by atoms with Crippen LogP contribution in [0.1, 0.15) is 41.9 Å². The molecule has 0 spiro atoms. The third kappa shape index (κ3) is 2.97. The van der Waals surface area contributed by atoms with Crippen molar-refractivity contribution < 1.29 is 22.7 Å². The molecule has 1 fully saturated rings. The van der Waals surface area contributed by atoms with Crippen molar-refractivity contribution in [2.24, 2.45) is 0 Å². The first-order valence-corrected chi connectivity index (χ1v) is 8.73. The summed E-state index contributed by atoms with van der Waals surface area (Å²) < 4.78 is 44.1. The summed E-state index contributed by atoms with van der Waals surface area (Å²) in [5.74, 6) is -1.68. The minimum Gasteiger partial charge on any atom is -0.377 e. The fraction of sp³-hybridized carbons (Fsp3) is 0.526. The molecule has 2 atom stereocenters. The molecule has 0 saturated carbocycles. The molecule has 6 heteroatoms. The fourth-order valence-electron chi connectivity index (χ4n) is 4.43. The van der Waals surface area contributed by atoms with E-state index in [1.165, 1.54) is 5.57 Å². The first-order chi connectivity index (χ1) is 11.9. The Morgan fingerprint density at radius 3 is 2.84 bits per heavy atom. The number of alkyl halides is 3. The van der Waals surface area contributed by atoms with Gasteiger partial charge in [-0.2, -0.15) is 13.2 Å². The Morgan fingerprint density at radius 1 is 1.28 bits per heavy atom. The van der Waals surface area contributed by atoms with Crippen LogP contribution in [-0.4, -0.2) is 42.8 Å². The predicted molar refractivity (Wildman–Crippen MR) is 87.1 cm³/mol. The first-order valence-electron chi connectivity index (χ1n) is 8.73. The molecule has 0 radical (unpaired) electrons. The number of halogens is 3. The number of fused-ring (bicyclic) bond motifs is 3. The first kappa shape index (κ1) is 16.6. The highest BCUT2D eigenvalue weighted by Gasteiger charge is 2.49. The average Bonchev–Trinajstić information content (AvgIpc) is 2.99. The van der Waals surface area contributed by atoms with Gasteiger partial charge in [0, 0.05) is 18.5 Å². The van der Waals surface area contributed by atoms with Crippen molar-refractivity contribution in [3.8, 4) is 0 Å². The molecule has 3 nitrogen and oxygen atoms in total. The van der Waals surface area contributed by atoms with Crippen molar-refractivity contribution in [2.45, 2.75) is 43.8 Å². The number of likely N-dealkylation sites (tertiary alicyclic amines) is 1. The molecular formula is C19H20F3NO2. The zero-order valence-corrected chi connectivity index (χ0v) is 13.8. The molecule has 0 aromatic heterocycles. The molecule has 0 N–H and O–H groups in total. The van der Waals surface area contributed by atoms with E-state index < -0.39 is 12.1 Å². The Hall–Kier alpha value is -1.82. The van der Waals surface area contributed by atoms with E-state index in [4.69, 9.17) is 4.74 Å². The fourth-order valence-corrected chi connectivity index (χ4v) is 4.43. The highest BCUT2D eigenvalue weighted by Crippen LogP contribution is 2.44. The Bertz CT molecular complexity index is 726. The molecule has 2 heterocycles. The van der Waals surface area contributed by atoms with Crippen LogP contribution in [0.3, 0.4) is 0 Å². The van der Waals surface area contributed by atoms with Crippen molar-refractivity contribution in [1.82, 2.24) is 4.90 Å². The van der Waals surface area contributed by atoms with Crippen LogP contribution in [-0.2, 0) is 16.0 Å². The number of piperidine rings is 1. The largest absolute Gasteiger partial charge is 0.471 e. The van der Waals surface area contributed by atoms with Crippen molar-refractivity contribution in [3.05, 3.63) is 41.0 Å². The molecule has 1 aliphatic carbocycles. The Kier molecular flexibility index (Phi) is 4.10. The van der Waals surface area contributed by atoms with Crippen molar-refractivity contribution in [3.63, 3.8) is 0 Å². The topological polar surface area (TPSA) is 29.5 Å². The van der Waals surface area contributed by atoms with Gasteiger partial charge < -0.3 is 9.64 Å². The van der Waals surface area contributed by atoms with Crippen LogP contribution in [0.25, 0.3) is 5.57 Å². The summed E-state index contributed by atoms with van der Waals surface area (Å²) in [7, 11) is 0. The lowest BCUT2D eigenvalue weighted by Gasteiger charge is -2.38. The molecule has 134 valence electrons. The molecule has 0 unspecified atom stereocenters. The van der Waals surface area contributed by atoms with Gasteiger partial charge in [-0.05, 0) is 47.9 Å². The van der Waals surface area contributed by atoms with Crippen LogP contribution in [0.15, 0.2) is 24.3 Å². The number of amides is 1. The average molecular weight is 351 g/mol. The summed E-state index contributed by atoms with van der Waals surface area (Å²) in [6, 6.07) is 5.83. The molecule has 3 aliphatic rings. The standard InChI is InChI=1S/C19H20F3NO2/c20-19(21,22)18(24)23-7-1-2-15-16-10-13(12-5-8-25-9-6-12)3-4-14(16)11-17(15)23/h3-5,10,15,17H,1-2,6-9,11H2/t15-,17+/m0/s1. The monoisotopic (exact) mass is 351 g/mol. The van der Waals surface area contributed by atoms with Gasteiger partial charge in [-0.3, -0.25) is 4.79 Å². The normalized spacial score (nSPS) is 26.0. The van der Waals surface area contributed by atoms with E-state index in [-0.39, 0.29) is 18.5 Å². The summed E-state index contributed by atoms with van der Waals surface area (Å²) in [5.41, 5.74) is 4.56. The Labute approximate surface area is 144 Å². The second kappa shape index (κ2) is 6.16. The second-order valence-electron chi connectivity index (χ2n) is 6.98. The van der Waals surface area contributed by atoms with Crippen LogP contribution < -0.4 is 0 Å². The number of nitrogens with zero attached hydrogens (tertiary/aromatic N) is 1. The maximum absolute atomic E-state index is 12.9. The van der Waals surface area contributed by atoms with Gasteiger partial charge >= 0.3 is 12.1 Å². The molecule has 1 aromatic carbocycles. The number of ether oxygens (including phenoxy) is 1. The van der Waals surface area contributed by atoms with E-state index in [1.807, 2.05) is 12.1 Å². The summed E-state index contributed by atoms with van der Waals surface area (Å²) in [5, 5.41) is 0.